The predicted molar refractivity (Wildman–Crippen MR) is 99.2 cm³/mol. The molecular formula is C19H15N3O2S. The highest BCUT2D eigenvalue weighted by Gasteiger charge is 2.17. The van der Waals surface area contributed by atoms with Crippen LogP contribution in [0, 0.1) is 0 Å². The van der Waals surface area contributed by atoms with Crippen molar-refractivity contribution in [1.82, 2.24) is 14.7 Å². The van der Waals surface area contributed by atoms with Crippen molar-refractivity contribution in [2.45, 2.75) is 13.0 Å². The van der Waals surface area contributed by atoms with Gasteiger partial charge in [0.1, 0.15) is 5.56 Å². The topological polar surface area (TPSA) is 63.5 Å². The summed E-state index contributed by atoms with van der Waals surface area (Å²) in [5, 5.41) is 6.88. The molecule has 0 bridgehead atoms. The van der Waals surface area contributed by atoms with Crippen LogP contribution in [0.25, 0.3) is 15.7 Å². The number of nitrogens with zero attached hydrogens (tertiary/aromatic N) is 2. The molecule has 2 heterocycles. The molecule has 1 N–H and O–H groups in total. The van der Waals surface area contributed by atoms with Crippen molar-refractivity contribution < 1.29 is 4.79 Å². The second-order valence-corrected chi connectivity index (χ2v) is 6.67. The third kappa shape index (κ3) is 2.70. The maximum absolute atomic E-state index is 12.6. The van der Waals surface area contributed by atoms with E-state index in [0.717, 1.165) is 16.3 Å². The number of rotatable bonds is 3. The van der Waals surface area contributed by atoms with Crippen molar-refractivity contribution in [1.29, 1.82) is 0 Å². The number of fused-ring (bicyclic) bond motifs is 2. The van der Waals surface area contributed by atoms with Crippen molar-refractivity contribution in [2.75, 3.05) is 0 Å². The Hall–Kier alpha value is -2.99. The van der Waals surface area contributed by atoms with E-state index in [9.17, 15) is 9.59 Å². The van der Waals surface area contributed by atoms with Gasteiger partial charge in [-0.2, -0.15) is 0 Å². The van der Waals surface area contributed by atoms with E-state index in [0.29, 0.717) is 4.96 Å². The van der Waals surface area contributed by atoms with Gasteiger partial charge in [-0.25, -0.2) is 4.98 Å². The number of thiazole rings is 1. The fourth-order valence-corrected chi connectivity index (χ4v) is 3.64. The monoisotopic (exact) mass is 349 g/mol. The average Bonchev–Trinajstić information content (AvgIpc) is 3.11. The second-order valence-electron chi connectivity index (χ2n) is 5.80. The maximum atomic E-state index is 12.6. The highest BCUT2D eigenvalue weighted by atomic mass is 32.1. The molecule has 1 amide bonds. The fourth-order valence-electron chi connectivity index (χ4n) is 2.96. The molecule has 25 heavy (non-hydrogen) atoms. The predicted octanol–water partition coefficient (Wildman–Crippen LogP) is 3.40. The molecule has 0 spiro atoms. The van der Waals surface area contributed by atoms with Crippen molar-refractivity contribution in [2.24, 2.45) is 0 Å². The summed E-state index contributed by atoms with van der Waals surface area (Å²) >= 11 is 1.35. The van der Waals surface area contributed by atoms with Gasteiger partial charge in [0.05, 0.1) is 6.04 Å². The third-order valence-corrected chi connectivity index (χ3v) is 5.00. The zero-order valence-electron chi connectivity index (χ0n) is 13.5. The molecule has 6 heteroatoms. The minimum absolute atomic E-state index is 0.0444. The van der Waals surface area contributed by atoms with E-state index in [2.05, 4.69) is 10.3 Å². The van der Waals surface area contributed by atoms with Gasteiger partial charge in [-0.15, -0.1) is 11.3 Å². The van der Waals surface area contributed by atoms with Gasteiger partial charge in [0.15, 0.2) is 4.96 Å². The van der Waals surface area contributed by atoms with Crippen LogP contribution >= 0.6 is 11.3 Å². The Labute approximate surface area is 147 Å². The van der Waals surface area contributed by atoms with Crippen LogP contribution in [-0.2, 0) is 0 Å². The van der Waals surface area contributed by atoms with Crippen molar-refractivity contribution >= 4 is 33.0 Å². The molecule has 0 radical (unpaired) electrons. The van der Waals surface area contributed by atoms with Gasteiger partial charge in [-0.05, 0) is 23.3 Å². The second kappa shape index (κ2) is 6.14. The summed E-state index contributed by atoms with van der Waals surface area (Å²) in [4.78, 5) is 29.8. The standard InChI is InChI=1S/C19H15N3O2S/c1-12(14-8-4-6-13-5-2-3-7-15(13)14)21-17(23)16-11-20-19-22(18(16)24)9-10-25-19/h2-12H,1H3,(H,21,23). The average molecular weight is 349 g/mol. The summed E-state index contributed by atoms with van der Waals surface area (Å²) in [5.74, 6) is -0.418. The summed E-state index contributed by atoms with van der Waals surface area (Å²) < 4.78 is 1.39. The highest BCUT2D eigenvalue weighted by Crippen LogP contribution is 2.24. The first-order valence-corrected chi connectivity index (χ1v) is 8.76. The van der Waals surface area contributed by atoms with Crippen molar-refractivity contribution in [3.05, 3.63) is 81.7 Å². The summed E-state index contributed by atoms with van der Waals surface area (Å²) in [6.07, 6.45) is 2.97. The number of carbonyl (C=O) groups is 1. The van der Waals surface area contributed by atoms with Gasteiger partial charge in [0.25, 0.3) is 11.5 Å². The molecule has 1 unspecified atom stereocenters. The Morgan fingerprint density at radius 3 is 2.88 bits per heavy atom. The quantitative estimate of drug-likeness (QED) is 0.616. The summed E-state index contributed by atoms with van der Waals surface area (Å²) in [5.41, 5.74) is 0.702. The number of hydrogen-bond donors (Lipinski definition) is 1. The zero-order chi connectivity index (χ0) is 17.4. The van der Waals surface area contributed by atoms with Crippen molar-refractivity contribution in [3.8, 4) is 0 Å². The van der Waals surface area contributed by atoms with E-state index >= 15 is 0 Å². The molecule has 0 aliphatic heterocycles. The van der Waals surface area contributed by atoms with E-state index in [-0.39, 0.29) is 17.2 Å². The van der Waals surface area contributed by atoms with Gasteiger partial charge in [-0.3, -0.25) is 14.0 Å². The zero-order valence-corrected chi connectivity index (χ0v) is 14.3. The van der Waals surface area contributed by atoms with E-state index in [4.69, 9.17) is 0 Å². The minimum Gasteiger partial charge on any atom is -0.345 e. The normalized spacial score (nSPS) is 12.4. The molecule has 0 saturated carbocycles. The number of nitrogens with one attached hydrogen (secondary N) is 1. The fraction of sp³-hybridized carbons (Fsp3) is 0.105. The van der Waals surface area contributed by atoms with Gasteiger partial charge >= 0.3 is 0 Å². The van der Waals surface area contributed by atoms with Crippen LogP contribution < -0.4 is 10.9 Å². The number of benzene rings is 2. The number of hydrogen-bond acceptors (Lipinski definition) is 4. The molecule has 0 fully saturated rings. The lowest BCUT2D eigenvalue weighted by atomic mass is 9.99. The lowest BCUT2D eigenvalue weighted by Crippen LogP contribution is -2.32. The number of amides is 1. The maximum Gasteiger partial charge on any atom is 0.271 e. The molecule has 4 rings (SSSR count). The third-order valence-electron chi connectivity index (χ3n) is 4.22. The molecule has 124 valence electrons. The van der Waals surface area contributed by atoms with Crippen LogP contribution in [0.15, 0.2) is 65.0 Å². The lowest BCUT2D eigenvalue weighted by Gasteiger charge is -2.16. The lowest BCUT2D eigenvalue weighted by molar-refractivity contribution is 0.0938. The number of aromatic nitrogens is 2. The van der Waals surface area contributed by atoms with Gasteiger partial charge in [0.2, 0.25) is 0 Å². The Morgan fingerprint density at radius 1 is 1.20 bits per heavy atom. The first-order valence-electron chi connectivity index (χ1n) is 7.88. The van der Waals surface area contributed by atoms with E-state index < -0.39 is 5.91 Å². The summed E-state index contributed by atoms with van der Waals surface area (Å²) in [6, 6.07) is 13.8. The Bertz CT molecular complexity index is 1140. The largest absolute Gasteiger partial charge is 0.345 e. The molecule has 0 aliphatic carbocycles. The van der Waals surface area contributed by atoms with Crippen LogP contribution in [-0.4, -0.2) is 15.3 Å². The van der Waals surface area contributed by atoms with Gasteiger partial charge in [0, 0.05) is 17.8 Å². The SMILES string of the molecule is CC(NC(=O)c1cnc2sccn2c1=O)c1cccc2ccccc12. The molecule has 5 nitrogen and oxygen atoms in total. The Morgan fingerprint density at radius 2 is 2.00 bits per heavy atom. The van der Waals surface area contributed by atoms with Gasteiger partial charge < -0.3 is 5.32 Å². The van der Waals surface area contributed by atoms with Crippen LogP contribution in [0.5, 0.6) is 0 Å². The van der Waals surface area contributed by atoms with Gasteiger partial charge in [-0.1, -0.05) is 42.5 Å². The van der Waals surface area contributed by atoms with Crippen LogP contribution in [0.4, 0.5) is 0 Å². The summed E-state index contributed by atoms with van der Waals surface area (Å²) in [6.45, 7) is 1.91. The van der Waals surface area contributed by atoms with Crippen LogP contribution in [0.1, 0.15) is 28.9 Å². The van der Waals surface area contributed by atoms with E-state index in [1.165, 1.54) is 21.9 Å². The first kappa shape index (κ1) is 15.5. The molecule has 1 atom stereocenters. The van der Waals surface area contributed by atoms with Crippen molar-refractivity contribution in [3.63, 3.8) is 0 Å². The summed E-state index contributed by atoms with van der Waals surface area (Å²) in [7, 11) is 0. The van der Waals surface area contributed by atoms with Crippen LogP contribution in [0.3, 0.4) is 0 Å². The number of carbonyl (C=O) groups excluding carboxylic acids is 1. The molecule has 2 aromatic carbocycles. The Balaban J connectivity index is 1.67. The highest BCUT2D eigenvalue weighted by molar-refractivity contribution is 7.15. The van der Waals surface area contributed by atoms with E-state index in [1.54, 1.807) is 11.6 Å². The van der Waals surface area contributed by atoms with Crippen LogP contribution in [0.2, 0.25) is 0 Å². The first-order chi connectivity index (χ1) is 12.1. The molecule has 0 saturated heterocycles. The smallest absolute Gasteiger partial charge is 0.271 e. The minimum atomic E-state index is -0.418. The molecule has 4 aromatic rings. The van der Waals surface area contributed by atoms with E-state index in [1.807, 2.05) is 49.4 Å². The molecular weight excluding hydrogens is 334 g/mol. The molecule has 2 aromatic heterocycles. The molecule has 0 aliphatic rings. The Kier molecular flexibility index (Phi) is 3.82.